The molecule has 21 heavy (non-hydrogen) atoms. The van der Waals surface area contributed by atoms with E-state index in [1.54, 1.807) is 0 Å². The molecule has 0 amide bonds. The molecule has 2 nitrogen and oxygen atoms in total. The lowest BCUT2D eigenvalue weighted by atomic mass is 9.94. The molecule has 0 spiro atoms. The zero-order valence-electron chi connectivity index (χ0n) is 12.7. The van der Waals surface area contributed by atoms with E-state index in [9.17, 15) is 0 Å². The monoisotopic (exact) mass is 276 g/mol. The van der Waals surface area contributed by atoms with Gasteiger partial charge in [-0.05, 0) is 49.2 Å². The van der Waals surface area contributed by atoms with Crippen molar-refractivity contribution in [3.63, 3.8) is 0 Å². The third-order valence-electron chi connectivity index (χ3n) is 4.13. The minimum Gasteiger partial charge on any atom is -0.309 e. The first-order chi connectivity index (χ1) is 10.2. The van der Waals surface area contributed by atoms with Gasteiger partial charge in [0.05, 0.1) is 11.6 Å². The molecule has 1 unspecified atom stereocenters. The fourth-order valence-corrected chi connectivity index (χ4v) is 2.81. The Kier molecular flexibility index (Phi) is 3.72. The third kappa shape index (κ3) is 2.55. The zero-order valence-corrected chi connectivity index (χ0v) is 12.7. The van der Waals surface area contributed by atoms with Crippen LogP contribution in [0.3, 0.4) is 0 Å². The number of hydrogen-bond acceptors (Lipinski definition) is 2. The largest absolute Gasteiger partial charge is 0.309 e. The molecule has 0 aliphatic heterocycles. The van der Waals surface area contributed by atoms with Crippen molar-refractivity contribution in [2.45, 2.75) is 19.9 Å². The smallest absolute Gasteiger partial charge is 0.0753 e. The second-order valence-electron chi connectivity index (χ2n) is 5.49. The van der Waals surface area contributed by atoms with Crippen molar-refractivity contribution in [3.8, 4) is 0 Å². The van der Waals surface area contributed by atoms with E-state index in [-0.39, 0.29) is 6.04 Å². The Morgan fingerprint density at radius 2 is 1.76 bits per heavy atom. The number of para-hydroxylation sites is 1. The Morgan fingerprint density at radius 1 is 0.952 bits per heavy atom. The lowest BCUT2D eigenvalue weighted by Gasteiger charge is -2.19. The van der Waals surface area contributed by atoms with Crippen molar-refractivity contribution in [1.29, 1.82) is 0 Å². The summed E-state index contributed by atoms with van der Waals surface area (Å²) in [6, 6.07) is 17.3. The third-order valence-corrected chi connectivity index (χ3v) is 4.13. The molecular weight excluding hydrogens is 256 g/mol. The summed E-state index contributed by atoms with van der Waals surface area (Å²) in [6.45, 7) is 4.31. The van der Waals surface area contributed by atoms with Crippen LogP contribution in [0.1, 0.15) is 28.3 Å². The number of fused-ring (bicyclic) bond motifs is 1. The van der Waals surface area contributed by atoms with E-state index in [0.717, 1.165) is 5.52 Å². The molecule has 1 heterocycles. The number of aromatic nitrogens is 1. The highest BCUT2D eigenvalue weighted by atomic mass is 14.9. The number of benzene rings is 2. The van der Waals surface area contributed by atoms with Gasteiger partial charge in [-0.3, -0.25) is 4.98 Å². The van der Waals surface area contributed by atoms with Gasteiger partial charge in [-0.2, -0.15) is 0 Å². The summed E-state index contributed by atoms with van der Waals surface area (Å²) in [5, 5.41) is 4.61. The lowest BCUT2D eigenvalue weighted by Crippen LogP contribution is -2.18. The van der Waals surface area contributed by atoms with Gasteiger partial charge in [-0.15, -0.1) is 0 Å². The molecule has 0 aliphatic carbocycles. The van der Waals surface area contributed by atoms with E-state index in [0.29, 0.717) is 0 Å². The van der Waals surface area contributed by atoms with Crippen LogP contribution in [0.15, 0.2) is 54.7 Å². The maximum atomic E-state index is 4.58. The highest BCUT2D eigenvalue weighted by Gasteiger charge is 2.15. The van der Waals surface area contributed by atoms with Crippen molar-refractivity contribution in [2.24, 2.45) is 0 Å². The van der Waals surface area contributed by atoms with Gasteiger partial charge in [0.25, 0.3) is 0 Å². The first-order valence-electron chi connectivity index (χ1n) is 7.29. The normalized spacial score (nSPS) is 12.5. The van der Waals surface area contributed by atoms with Gasteiger partial charge in [0.2, 0.25) is 0 Å². The van der Waals surface area contributed by atoms with Gasteiger partial charge in [-0.25, -0.2) is 0 Å². The summed E-state index contributed by atoms with van der Waals surface area (Å²) < 4.78 is 0. The first-order valence-corrected chi connectivity index (χ1v) is 7.29. The van der Waals surface area contributed by atoms with Crippen molar-refractivity contribution < 1.29 is 0 Å². The van der Waals surface area contributed by atoms with E-state index >= 15 is 0 Å². The Hall–Kier alpha value is -2.19. The topological polar surface area (TPSA) is 24.9 Å². The fraction of sp³-hybridized carbons (Fsp3) is 0.211. The summed E-state index contributed by atoms with van der Waals surface area (Å²) in [4.78, 5) is 4.58. The molecule has 1 atom stereocenters. The molecule has 106 valence electrons. The van der Waals surface area contributed by atoms with E-state index in [2.05, 4.69) is 66.6 Å². The molecule has 0 saturated heterocycles. The molecule has 0 aliphatic rings. The average Bonchev–Trinajstić information content (AvgIpc) is 2.52. The van der Waals surface area contributed by atoms with Crippen LogP contribution < -0.4 is 5.32 Å². The maximum Gasteiger partial charge on any atom is 0.0753 e. The molecular formula is C19H20N2. The molecule has 0 bridgehead atoms. The van der Waals surface area contributed by atoms with Crippen molar-refractivity contribution in [3.05, 3.63) is 77.0 Å². The van der Waals surface area contributed by atoms with Crippen LogP contribution in [0, 0.1) is 13.8 Å². The van der Waals surface area contributed by atoms with Gasteiger partial charge < -0.3 is 5.32 Å². The van der Waals surface area contributed by atoms with E-state index < -0.39 is 0 Å². The number of pyridine rings is 1. The van der Waals surface area contributed by atoms with Crippen LogP contribution in [0.2, 0.25) is 0 Å². The number of aryl methyl sites for hydroxylation is 2. The van der Waals surface area contributed by atoms with Gasteiger partial charge in [0.1, 0.15) is 0 Å². The van der Waals surface area contributed by atoms with E-state index in [1.807, 2.05) is 19.3 Å². The number of rotatable bonds is 3. The quantitative estimate of drug-likeness (QED) is 0.777. The molecule has 0 radical (unpaired) electrons. The first kappa shape index (κ1) is 13.8. The van der Waals surface area contributed by atoms with Crippen LogP contribution in [-0.2, 0) is 0 Å². The van der Waals surface area contributed by atoms with Crippen LogP contribution in [0.4, 0.5) is 0 Å². The summed E-state index contributed by atoms with van der Waals surface area (Å²) in [6.07, 6.45) is 1.86. The second-order valence-corrected chi connectivity index (χ2v) is 5.49. The molecule has 0 fully saturated rings. The Morgan fingerprint density at radius 3 is 2.52 bits per heavy atom. The second kappa shape index (κ2) is 5.66. The minimum absolute atomic E-state index is 0.155. The van der Waals surface area contributed by atoms with Crippen LogP contribution >= 0.6 is 0 Å². The number of nitrogens with zero attached hydrogens (tertiary/aromatic N) is 1. The van der Waals surface area contributed by atoms with Gasteiger partial charge in [0.15, 0.2) is 0 Å². The molecule has 0 saturated carbocycles. The molecule has 2 aromatic carbocycles. The molecule has 2 heteroatoms. The average molecular weight is 276 g/mol. The lowest BCUT2D eigenvalue weighted by molar-refractivity contribution is 0.694. The standard InChI is InChI=1S/C19H20N2/c1-13-9-10-16(12-14(13)2)18(20-3)17-8-4-6-15-7-5-11-21-19(15)17/h4-12,18,20H,1-3H3. The maximum absolute atomic E-state index is 4.58. The molecule has 1 N–H and O–H groups in total. The Balaban J connectivity index is 2.16. The van der Waals surface area contributed by atoms with Crippen LogP contribution in [0.25, 0.3) is 10.9 Å². The summed E-state index contributed by atoms with van der Waals surface area (Å²) in [7, 11) is 2.00. The SMILES string of the molecule is CNC(c1ccc(C)c(C)c1)c1cccc2cccnc12. The van der Waals surface area contributed by atoms with Crippen molar-refractivity contribution in [2.75, 3.05) is 7.05 Å². The number of hydrogen-bond donors (Lipinski definition) is 1. The van der Waals surface area contributed by atoms with Crippen molar-refractivity contribution in [1.82, 2.24) is 10.3 Å². The highest BCUT2D eigenvalue weighted by molar-refractivity contribution is 5.82. The highest BCUT2D eigenvalue weighted by Crippen LogP contribution is 2.28. The zero-order chi connectivity index (χ0) is 14.8. The Bertz CT molecular complexity index is 772. The van der Waals surface area contributed by atoms with Crippen LogP contribution in [-0.4, -0.2) is 12.0 Å². The minimum atomic E-state index is 0.155. The van der Waals surface area contributed by atoms with Gasteiger partial charge in [0, 0.05) is 11.6 Å². The Labute approximate surface area is 125 Å². The fourth-order valence-electron chi connectivity index (χ4n) is 2.81. The van der Waals surface area contributed by atoms with Crippen LogP contribution in [0.5, 0.6) is 0 Å². The van der Waals surface area contributed by atoms with Gasteiger partial charge in [-0.1, -0.05) is 42.5 Å². The predicted molar refractivity (Wildman–Crippen MR) is 88.6 cm³/mol. The number of nitrogens with one attached hydrogen (secondary N) is 1. The summed E-state index contributed by atoms with van der Waals surface area (Å²) in [5.41, 5.74) is 6.21. The molecule has 3 aromatic rings. The van der Waals surface area contributed by atoms with Crippen molar-refractivity contribution >= 4 is 10.9 Å². The van der Waals surface area contributed by atoms with Gasteiger partial charge >= 0.3 is 0 Å². The van der Waals surface area contributed by atoms with E-state index in [1.165, 1.54) is 27.6 Å². The predicted octanol–water partition coefficient (Wildman–Crippen LogP) is 4.16. The summed E-state index contributed by atoms with van der Waals surface area (Å²) in [5.74, 6) is 0. The molecule has 1 aromatic heterocycles. The van der Waals surface area contributed by atoms with E-state index in [4.69, 9.17) is 0 Å². The summed E-state index contributed by atoms with van der Waals surface area (Å²) >= 11 is 0. The molecule has 3 rings (SSSR count).